The van der Waals surface area contributed by atoms with E-state index in [1.165, 1.54) is 49.6 Å². The molecule has 236 valence electrons. The second-order valence-corrected chi connectivity index (χ2v) is 13.0. The molecule has 4 aliphatic rings. The van der Waals surface area contributed by atoms with Gasteiger partial charge in [0.1, 0.15) is 24.0 Å². The van der Waals surface area contributed by atoms with Gasteiger partial charge in [-0.2, -0.15) is 13.2 Å². The number of carbonyl (C=O) groups is 1. The molecule has 8 heteroatoms. The summed E-state index contributed by atoms with van der Waals surface area (Å²) in [5, 5.41) is 9.16. The third kappa shape index (κ3) is 7.15. The second kappa shape index (κ2) is 12.5. The maximum Gasteiger partial charge on any atom is 0.416 e. The second-order valence-electron chi connectivity index (χ2n) is 13.0. The minimum absolute atomic E-state index is 0.0110. The van der Waals surface area contributed by atoms with E-state index >= 15 is 0 Å². The first kappa shape index (κ1) is 31.1. The van der Waals surface area contributed by atoms with Gasteiger partial charge in [0.25, 0.3) is 0 Å². The summed E-state index contributed by atoms with van der Waals surface area (Å²) in [5.74, 6) is 0.297. The van der Waals surface area contributed by atoms with Gasteiger partial charge in [0, 0.05) is 17.7 Å². The topological polar surface area (TPSA) is 46.5 Å². The molecule has 3 aromatic carbocycles. The minimum atomic E-state index is -4.52. The van der Waals surface area contributed by atoms with Gasteiger partial charge in [0.05, 0.1) is 5.56 Å². The zero-order chi connectivity index (χ0) is 31.8. The first-order valence-electron chi connectivity index (χ1n) is 15.5. The maximum atomic E-state index is 13.9. The number of hydrogen-bond donors (Lipinski definition) is 1. The van der Waals surface area contributed by atoms with Crippen molar-refractivity contribution in [3.8, 4) is 5.75 Å². The van der Waals surface area contributed by atoms with Gasteiger partial charge in [-0.3, -0.25) is 0 Å². The van der Waals surface area contributed by atoms with E-state index in [1.54, 1.807) is 6.08 Å². The molecule has 1 N–H and O–H groups in total. The Balaban J connectivity index is 1.28. The van der Waals surface area contributed by atoms with Gasteiger partial charge in [-0.05, 0) is 133 Å². The number of alkyl halides is 3. The van der Waals surface area contributed by atoms with Crippen molar-refractivity contribution < 1.29 is 36.6 Å². The quantitative estimate of drug-likeness (QED) is 0.139. The number of allylic oxidation sites excluding steroid dienone is 3. The van der Waals surface area contributed by atoms with Crippen LogP contribution in [0.25, 0.3) is 5.57 Å². The molecular formula is C37H35F5O3. The van der Waals surface area contributed by atoms with Crippen molar-refractivity contribution in [1.29, 1.82) is 0 Å². The van der Waals surface area contributed by atoms with E-state index < -0.39 is 29.3 Å². The van der Waals surface area contributed by atoms with Crippen LogP contribution >= 0.6 is 0 Å². The summed E-state index contributed by atoms with van der Waals surface area (Å²) in [6.45, 7) is 0.0110. The fraction of sp³-hybridized carbons (Fsp3) is 0.378. The molecule has 0 saturated heterocycles. The largest absolute Gasteiger partial charge is 0.489 e. The summed E-state index contributed by atoms with van der Waals surface area (Å²) in [7, 11) is 0. The van der Waals surface area contributed by atoms with E-state index in [4.69, 9.17) is 9.84 Å². The summed E-state index contributed by atoms with van der Waals surface area (Å²) >= 11 is 0. The fourth-order valence-electron chi connectivity index (χ4n) is 8.29. The molecular weight excluding hydrogens is 587 g/mol. The van der Waals surface area contributed by atoms with Crippen LogP contribution in [0, 0.1) is 29.4 Å². The normalized spacial score (nSPS) is 24.4. The van der Waals surface area contributed by atoms with Gasteiger partial charge < -0.3 is 9.84 Å². The van der Waals surface area contributed by atoms with Crippen LogP contribution < -0.4 is 4.74 Å². The van der Waals surface area contributed by atoms with Gasteiger partial charge in [-0.15, -0.1) is 0 Å². The highest BCUT2D eigenvalue weighted by Gasteiger charge is 2.52. The molecule has 4 bridgehead atoms. The first-order chi connectivity index (χ1) is 21.5. The Morgan fingerprint density at radius 3 is 2.16 bits per heavy atom. The molecule has 4 saturated carbocycles. The predicted octanol–water partition coefficient (Wildman–Crippen LogP) is 9.69. The van der Waals surface area contributed by atoms with Crippen LogP contribution in [0.15, 0.2) is 78.9 Å². The van der Waals surface area contributed by atoms with Crippen molar-refractivity contribution in [2.45, 2.75) is 69.6 Å². The number of carboxylic acids is 1. The lowest BCUT2D eigenvalue weighted by atomic mass is 9.48. The number of carboxylic acid groups (broad SMARTS) is 1. The Labute approximate surface area is 259 Å². The molecule has 0 unspecified atom stereocenters. The van der Waals surface area contributed by atoms with Crippen LogP contribution in [0.4, 0.5) is 22.0 Å². The van der Waals surface area contributed by atoms with Crippen molar-refractivity contribution in [2.75, 3.05) is 0 Å². The molecule has 0 aromatic heterocycles. The van der Waals surface area contributed by atoms with Crippen molar-refractivity contribution in [1.82, 2.24) is 0 Å². The van der Waals surface area contributed by atoms with E-state index in [9.17, 15) is 26.7 Å². The summed E-state index contributed by atoms with van der Waals surface area (Å²) in [5.41, 5.74) is 2.33. The Morgan fingerprint density at radius 1 is 0.867 bits per heavy atom. The maximum absolute atomic E-state index is 13.9. The molecule has 0 amide bonds. The number of aryl methyl sites for hydroxylation is 1. The number of aliphatic carboxylic acids is 1. The minimum Gasteiger partial charge on any atom is -0.489 e. The monoisotopic (exact) mass is 622 g/mol. The average molecular weight is 623 g/mol. The van der Waals surface area contributed by atoms with E-state index in [0.717, 1.165) is 54.7 Å². The molecule has 45 heavy (non-hydrogen) atoms. The summed E-state index contributed by atoms with van der Waals surface area (Å²) in [6.07, 6.45) is 7.58. The molecule has 7 rings (SSSR count). The Kier molecular flexibility index (Phi) is 8.59. The lowest BCUT2D eigenvalue weighted by Gasteiger charge is -2.57. The molecule has 3 nitrogen and oxygen atoms in total. The molecule has 4 fully saturated rings. The van der Waals surface area contributed by atoms with Gasteiger partial charge >= 0.3 is 12.1 Å². The van der Waals surface area contributed by atoms with E-state index in [-0.39, 0.29) is 17.6 Å². The Bertz CT molecular complexity index is 1580. The zero-order valence-corrected chi connectivity index (χ0v) is 24.8. The van der Waals surface area contributed by atoms with Gasteiger partial charge in [0.2, 0.25) is 0 Å². The van der Waals surface area contributed by atoms with Crippen molar-refractivity contribution in [2.24, 2.45) is 17.8 Å². The van der Waals surface area contributed by atoms with Crippen LogP contribution in [0.5, 0.6) is 5.75 Å². The van der Waals surface area contributed by atoms with Crippen LogP contribution in [-0.2, 0) is 29.4 Å². The highest BCUT2D eigenvalue weighted by molar-refractivity contribution is 5.85. The average Bonchev–Trinajstić information content (AvgIpc) is 2.96. The van der Waals surface area contributed by atoms with Gasteiger partial charge in [0.15, 0.2) is 0 Å². The molecule has 3 aromatic rings. The molecule has 0 aliphatic heterocycles. The highest BCUT2D eigenvalue weighted by atomic mass is 19.4. The van der Waals surface area contributed by atoms with Crippen molar-refractivity contribution in [3.63, 3.8) is 0 Å². The van der Waals surface area contributed by atoms with Crippen molar-refractivity contribution in [3.05, 3.63) is 118 Å². The third-order valence-electron chi connectivity index (χ3n) is 9.70. The molecule has 0 atom stereocenters. The predicted molar refractivity (Wildman–Crippen MR) is 161 cm³/mol. The number of rotatable bonds is 10. The number of hydrogen-bond acceptors (Lipinski definition) is 2. The van der Waals surface area contributed by atoms with Gasteiger partial charge in [-0.25, -0.2) is 13.6 Å². The molecule has 4 aliphatic carbocycles. The van der Waals surface area contributed by atoms with Crippen LogP contribution in [0.2, 0.25) is 0 Å². The number of benzene rings is 3. The molecule has 0 spiro atoms. The zero-order valence-electron chi connectivity index (χ0n) is 24.8. The summed E-state index contributed by atoms with van der Waals surface area (Å²) in [6, 6.07) is 14.4. The van der Waals surface area contributed by atoms with E-state index in [1.807, 2.05) is 6.07 Å². The lowest BCUT2D eigenvalue weighted by molar-refractivity contribution is -0.137. The SMILES string of the molecule is O=C(O)C=CC(=CCCc1ccc(C23CC4CC(CC(C4)C2)C3)c(OCc2cc(F)cc(F)c2)c1)c1cccc(C(F)(F)F)c1. The third-order valence-corrected chi connectivity index (χ3v) is 9.70. The van der Waals surface area contributed by atoms with Crippen LogP contribution in [0.3, 0.4) is 0 Å². The van der Waals surface area contributed by atoms with E-state index in [2.05, 4.69) is 12.1 Å². The first-order valence-corrected chi connectivity index (χ1v) is 15.5. The number of halogens is 5. The Hall–Kier alpha value is -3.94. The van der Waals surface area contributed by atoms with Crippen LogP contribution in [-0.4, -0.2) is 11.1 Å². The number of ether oxygens (including phenoxy) is 1. The summed E-state index contributed by atoms with van der Waals surface area (Å²) in [4.78, 5) is 11.2. The Morgan fingerprint density at radius 2 is 1.53 bits per heavy atom. The fourth-order valence-corrected chi connectivity index (χ4v) is 8.29. The summed E-state index contributed by atoms with van der Waals surface area (Å²) < 4.78 is 74.2. The smallest absolute Gasteiger partial charge is 0.416 e. The van der Waals surface area contributed by atoms with Crippen LogP contribution in [0.1, 0.15) is 72.8 Å². The molecule has 0 heterocycles. The molecule has 0 radical (unpaired) electrons. The lowest BCUT2D eigenvalue weighted by Crippen LogP contribution is -2.48. The van der Waals surface area contributed by atoms with Gasteiger partial charge in [-0.1, -0.05) is 30.3 Å². The van der Waals surface area contributed by atoms with Crippen molar-refractivity contribution >= 4 is 11.5 Å². The standard InChI is InChI=1S/C37H35F5O3/c38-31-14-27(15-32(39)18-31)22-45-34-16-23(7-9-33(34)36-19-24-11-25(20-36)13-26(12-24)21-36)3-1-4-28(8-10-35(43)44)29-5-2-6-30(17-29)37(40,41)42/h2,4-10,14-18,24-26H,1,3,11-13,19-22H2,(H,43,44). The highest BCUT2D eigenvalue weighted by Crippen LogP contribution is 2.62. The van der Waals surface area contributed by atoms with E-state index in [0.29, 0.717) is 47.5 Å².